The second-order valence-electron chi connectivity index (χ2n) is 7.72. The van der Waals surface area contributed by atoms with Crippen molar-refractivity contribution in [2.24, 2.45) is 5.92 Å². The van der Waals surface area contributed by atoms with Gasteiger partial charge in [-0.2, -0.15) is 0 Å². The third-order valence-corrected chi connectivity index (χ3v) is 5.53. The molecular formula is C19H26N2O3. The number of carbonyl (C=O) groups excluding carboxylic acids is 1. The van der Waals surface area contributed by atoms with Gasteiger partial charge in [0.25, 0.3) is 5.91 Å². The monoisotopic (exact) mass is 330 g/mol. The number of nitrogens with one attached hydrogen (secondary N) is 1. The molecule has 0 radical (unpaired) electrons. The van der Waals surface area contributed by atoms with Crippen LogP contribution in [0.25, 0.3) is 0 Å². The number of hydrogen-bond donors (Lipinski definition) is 2. The highest BCUT2D eigenvalue weighted by molar-refractivity contribution is 5.93. The Morgan fingerprint density at radius 1 is 1.25 bits per heavy atom. The van der Waals surface area contributed by atoms with Crippen LogP contribution in [-0.2, 0) is 0 Å². The molecule has 2 N–H and O–H groups in total. The number of hydrogen-bond acceptors (Lipinski definition) is 4. The Labute approximate surface area is 142 Å². The second-order valence-corrected chi connectivity index (χ2v) is 7.72. The number of amides is 1. The van der Waals surface area contributed by atoms with Crippen molar-refractivity contribution < 1.29 is 14.6 Å². The van der Waals surface area contributed by atoms with E-state index in [1.165, 1.54) is 25.7 Å². The average Bonchev–Trinajstić information content (AvgIpc) is 3.52. The third kappa shape index (κ3) is 3.41. The Hall–Kier alpha value is -1.62. The molecule has 3 aliphatic carbocycles. The SMILES string of the molecule is O=C(NC1(CO)CCCC1)c1ccc(C2CC2)c(OCC2CC2)n1. The Balaban J connectivity index is 1.50. The van der Waals surface area contributed by atoms with E-state index in [0.717, 1.165) is 31.2 Å². The maximum Gasteiger partial charge on any atom is 0.270 e. The van der Waals surface area contributed by atoms with Crippen LogP contribution >= 0.6 is 0 Å². The van der Waals surface area contributed by atoms with E-state index in [-0.39, 0.29) is 12.5 Å². The van der Waals surface area contributed by atoms with Crippen LogP contribution < -0.4 is 10.1 Å². The van der Waals surface area contributed by atoms with Crippen LogP contribution in [0.3, 0.4) is 0 Å². The van der Waals surface area contributed by atoms with Crippen molar-refractivity contribution >= 4 is 5.91 Å². The summed E-state index contributed by atoms with van der Waals surface area (Å²) >= 11 is 0. The van der Waals surface area contributed by atoms with Crippen LogP contribution in [0.4, 0.5) is 0 Å². The molecule has 1 heterocycles. The van der Waals surface area contributed by atoms with Gasteiger partial charge in [-0.15, -0.1) is 0 Å². The Kier molecular flexibility index (Phi) is 4.21. The number of ether oxygens (including phenoxy) is 1. The van der Waals surface area contributed by atoms with Gasteiger partial charge < -0.3 is 15.2 Å². The van der Waals surface area contributed by atoms with Crippen molar-refractivity contribution in [1.82, 2.24) is 10.3 Å². The topological polar surface area (TPSA) is 71.5 Å². The van der Waals surface area contributed by atoms with Crippen LogP contribution in [-0.4, -0.2) is 34.8 Å². The van der Waals surface area contributed by atoms with Crippen molar-refractivity contribution in [3.05, 3.63) is 23.4 Å². The van der Waals surface area contributed by atoms with E-state index in [0.29, 0.717) is 30.0 Å². The Morgan fingerprint density at radius 2 is 2.00 bits per heavy atom. The first-order chi connectivity index (χ1) is 11.7. The minimum atomic E-state index is -0.469. The van der Waals surface area contributed by atoms with Crippen molar-refractivity contribution in [1.29, 1.82) is 0 Å². The second kappa shape index (κ2) is 6.36. The summed E-state index contributed by atoms with van der Waals surface area (Å²) in [4.78, 5) is 17.1. The molecule has 0 aliphatic heterocycles. The molecule has 0 spiro atoms. The zero-order valence-corrected chi connectivity index (χ0v) is 14.1. The number of aromatic nitrogens is 1. The fourth-order valence-electron chi connectivity index (χ4n) is 3.56. The highest BCUT2D eigenvalue weighted by Gasteiger charge is 2.36. The fraction of sp³-hybridized carbons (Fsp3) is 0.684. The molecule has 5 heteroatoms. The molecule has 130 valence electrons. The highest BCUT2D eigenvalue weighted by Crippen LogP contribution is 2.44. The normalized spacial score (nSPS) is 22.4. The van der Waals surface area contributed by atoms with Gasteiger partial charge in [0.15, 0.2) is 0 Å². The first kappa shape index (κ1) is 15.9. The zero-order chi connectivity index (χ0) is 16.6. The molecule has 5 nitrogen and oxygen atoms in total. The Bertz CT molecular complexity index is 617. The number of aliphatic hydroxyl groups excluding tert-OH is 1. The molecule has 24 heavy (non-hydrogen) atoms. The van der Waals surface area contributed by atoms with Crippen LogP contribution in [0.1, 0.15) is 73.3 Å². The molecule has 1 aromatic heterocycles. The van der Waals surface area contributed by atoms with Gasteiger partial charge in [0.2, 0.25) is 5.88 Å². The summed E-state index contributed by atoms with van der Waals surface area (Å²) in [5.74, 6) is 1.64. The van der Waals surface area contributed by atoms with E-state index in [4.69, 9.17) is 4.74 Å². The van der Waals surface area contributed by atoms with Gasteiger partial charge in [0.05, 0.1) is 18.8 Å². The molecule has 0 bridgehead atoms. The van der Waals surface area contributed by atoms with Crippen LogP contribution in [0.2, 0.25) is 0 Å². The van der Waals surface area contributed by atoms with Gasteiger partial charge in [0.1, 0.15) is 5.69 Å². The summed E-state index contributed by atoms with van der Waals surface area (Å²) in [5, 5.41) is 12.7. The number of aliphatic hydroxyl groups is 1. The Morgan fingerprint density at radius 3 is 2.62 bits per heavy atom. The lowest BCUT2D eigenvalue weighted by Gasteiger charge is -2.27. The van der Waals surface area contributed by atoms with Crippen molar-refractivity contribution in [2.45, 2.75) is 62.8 Å². The molecule has 1 aromatic rings. The number of rotatable bonds is 7. The predicted octanol–water partition coefficient (Wildman–Crippen LogP) is 2.78. The summed E-state index contributed by atoms with van der Waals surface area (Å²) in [6, 6.07) is 3.80. The van der Waals surface area contributed by atoms with E-state index in [2.05, 4.69) is 10.3 Å². The maximum atomic E-state index is 12.6. The van der Waals surface area contributed by atoms with E-state index in [1.54, 1.807) is 6.07 Å². The predicted molar refractivity (Wildman–Crippen MR) is 90.2 cm³/mol. The first-order valence-corrected chi connectivity index (χ1v) is 9.26. The van der Waals surface area contributed by atoms with E-state index in [1.807, 2.05) is 6.07 Å². The molecule has 0 unspecified atom stereocenters. The highest BCUT2D eigenvalue weighted by atomic mass is 16.5. The quantitative estimate of drug-likeness (QED) is 0.806. The standard InChI is InChI=1S/C19H26N2O3/c22-12-19(9-1-2-10-19)21-17(23)16-8-7-15(14-5-6-14)18(20-16)24-11-13-3-4-13/h7-8,13-14,22H,1-6,9-12H2,(H,21,23). The van der Waals surface area contributed by atoms with E-state index < -0.39 is 5.54 Å². The molecule has 3 fully saturated rings. The first-order valence-electron chi connectivity index (χ1n) is 9.26. The van der Waals surface area contributed by atoms with Gasteiger partial charge in [0, 0.05) is 5.56 Å². The van der Waals surface area contributed by atoms with Crippen molar-refractivity contribution in [3.63, 3.8) is 0 Å². The molecule has 3 saturated carbocycles. The van der Waals surface area contributed by atoms with Gasteiger partial charge >= 0.3 is 0 Å². The van der Waals surface area contributed by atoms with Crippen molar-refractivity contribution in [3.8, 4) is 5.88 Å². The zero-order valence-electron chi connectivity index (χ0n) is 14.1. The summed E-state index contributed by atoms with van der Waals surface area (Å²) in [6.07, 6.45) is 8.59. The van der Waals surface area contributed by atoms with Gasteiger partial charge in [-0.3, -0.25) is 4.79 Å². The van der Waals surface area contributed by atoms with Gasteiger partial charge in [-0.1, -0.05) is 18.9 Å². The molecule has 0 atom stereocenters. The molecule has 0 saturated heterocycles. The van der Waals surface area contributed by atoms with E-state index >= 15 is 0 Å². The lowest BCUT2D eigenvalue weighted by Crippen LogP contribution is -2.49. The van der Waals surface area contributed by atoms with Gasteiger partial charge in [-0.05, 0) is 56.4 Å². The molecule has 1 amide bonds. The van der Waals surface area contributed by atoms with Crippen molar-refractivity contribution in [2.75, 3.05) is 13.2 Å². The smallest absolute Gasteiger partial charge is 0.270 e. The maximum absolute atomic E-state index is 12.6. The lowest BCUT2D eigenvalue weighted by molar-refractivity contribution is 0.0832. The number of nitrogens with zero attached hydrogens (tertiary/aromatic N) is 1. The number of pyridine rings is 1. The van der Waals surface area contributed by atoms with E-state index in [9.17, 15) is 9.90 Å². The van der Waals surface area contributed by atoms with Crippen LogP contribution in [0.5, 0.6) is 5.88 Å². The van der Waals surface area contributed by atoms with Gasteiger partial charge in [-0.25, -0.2) is 4.98 Å². The molecule has 0 aromatic carbocycles. The van der Waals surface area contributed by atoms with Crippen LogP contribution in [0, 0.1) is 5.92 Å². The molecule has 4 rings (SSSR count). The third-order valence-electron chi connectivity index (χ3n) is 5.53. The fourth-order valence-corrected chi connectivity index (χ4v) is 3.56. The summed E-state index contributed by atoms with van der Waals surface area (Å²) in [5.41, 5.74) is 1.07. The molecule has 3 aliphatic rings. The lowest BCUT2D eigenvalue weighted by atomic mass is 9.98. The summed E-state index contributed by atoms with van der Waals surface area (Å²) in [7, 11) is 0. The minimum Gasteiger partial charge on any atom is -0.477 e. The minimum absolute atomic E-state index is 0.00999. The largest absolute Gasteiger partial charge is 0.477 e. The summed E-state index contributed by atoms with van der Waals surface area (Å²) in [6.45, 7) is 0.697. The average molecular weight is 330 g/mol. The van der Waals surface area contributed by atoms with Crippen LogP contribution in [0.15, 0.2) is 12.1 Å². The number of carbonyl (C=O) groups is 1. The molecular weight excluding hydrogens is 304 g/mol. The summed E-state index contributed by atoms with van der Waals surface area (Å²) < 4.78 is 5.93.